The minimum atomic E-state index is -0.477. The first kappa shape index (κ1) is 17.1. The van der Waals surface area contributed by atoms with Crippen LogP contribution in [0, 0.1) is 24.6 Å². The molecule has 1 saturated carbocycles. The number of carbonyl (C=O) groups excluding carboxylic acids is 2. The third-order valence-corrected chi connectivity index (χ3v) is 4.47. The van der Waals surface area contributed by atoms with Crippen molar-refractivity contribution >= 4 is 23.2 Å². The van der Waals surface area contributed by atoms with Gasteiger partial charge in [-0.15, -0.1) is 0 Å². The van der Waals surface area contributed by atoms with Crippen molar-refractivity contribution in [2.24, 2.45) is 11.8 Å². The second kappa shape index (κ2) is 7.05. The Kier molecular flexibility index (Phi) is 4.83. The van der Waals surface area contributed by atoms with Gasteiger partial charge in [-0.2, -0.15) is 0 Å². The largest absolute Gasteiger partial charge is 0.323 e. The number of carbonyl (C=O) groups is 2. The zero-order chi connectivity index (χ0) is 18.0. The van der Waals surface area contributed by atoms with E-state index in [1.807, 2.05) is 38.1 Å². The van der Waals surface area contributed by atoms with Crippen molar-refractivity contribution in [3.05, 3.63) is 59.9 Å². The zero-order valence-corrected chi connectivity index (χ0v) is 14.3. The first-order valence-corrected chi connectivity index (χ1v) is 8.44. The summed E-state index contributed by atoms with van der Waals surface area (Å²) >= 11 is 0. The Morgan fingerprint density at radius 3 is 2.60 bits per heavy atom. The van der Waals surface area contributed by atoms with E-state index in [4.69, 9.17) is 0 Å². The Bertz CT molecular complexity index is 806. The number of amides is 2. The van der Waals surface area contributed by atoms with Gasteiger partial charge >= 0.3 is 0 Å². The Hall–Kier alpha value is -2.69. The fraction of sp³-hybridized carbons (Fsp3) is 0.300. The molecule has 0 saturated heterocycles. The molecule has 25 heavy (non-hydrogen) atoms. The van der Waals surface area contributed by atoms with Gasteiger partial charge in [0.05, 0.1) is 17.5 Å². The lowest BCUT2D eigenvalue weighted by Crippen LogP contribution is -2.33. The summed E-state index contributed by atoms with van der Waals surface area (Å²) in [5.74, 6) is -1.57. The second-order valence-corrected chi connectivity index (χ2v) is 6.34. The average molecular weight is 340 g/mol. The predicted molar refractivity (Wildman–Crippen MR) is 95.8 cm³/mol. The quantitative estimate of drug-likeness (QED) is 0.901. The van der Waals surface area contributed by atoms with Gasteiger partial charge in [0, 0.05) is 12.2 Å². The number of aryl methyl sites for hydroxylation is 1. The molecule has 1 aliphatic carbocycles. The van der Waals surface area contributed by atoms with Crippen molar-refractivity contribution in [2.75, 3.05) is 16.8 Å². The van der Waals surface area contributed by atoms with E-state index in [1.165, 1.54) is 12.1 Å². The summed E-state index contributed by atoms with van der Waals surface area (Å²) in [6.45, 7) is 4.43. The zero-order valence-electron chi connectivity index (χ0n) is 14.3. The Morgan fingerprint density at radius 1 is 1.16 bits per heavy atom. The molecule has 130 valence electrons. The Labute approximate surface area is 146 Å². The van der Waals surface area contributed by atoms with Crippen molar-refractivity contribution in [3.63, 3.8) is 0 Å². The summed E-state index contributed by atoms with van der Waals surface area (Å²) < 4.78 is 13.6. The predicted octanol–water partition coefficient (Wildman–Crippen LogP) is 3.76. The molecule has 3 rings (SSSR count). The number of halogens is 1. The van der Waals surface area contributed by atoms with Crippen LogP contribution in [0.25, 0.3) is 0 Å². The highest BCUT2D eigenvalue weighted by Crippen LogP contribution is 2.41. The molecule has 0 aromatic heterocycles. The van der Waals surface area contributed by atoms with Crippen LogP contribution >= 0.6 is 0 Å². The maximum atomic E-state index is 13.6. The van der Waals surface area contributed by atoms with E-state index in [9.17, 15) is 14.0 Å². The van der Waals surface area contributed by atoms with Gasteiger partial charge in [-0.1, -0.05) is 24.3 Å². The third-order valence-electron chi connectivity index (χ3n) is 4.47. The molecule has 2 unspecified atom stereocenters. The van der Waals surface area contributed by atoms with E-state index in [0.29, 0.717) is 13.0 Å². The van der Waals surface area contributed by atoms with Gasteiger partial charge in [0.15, 0.2) is 0 Å². The fourth-order valence-corrected chi connectivity index (χ4v) is 3.01. The molecule has 0 spiro atoms. The van der Waals surface area contributed by atoms with Crippen LogP contribution in [-0.2, 0) is 9.59 Å². The number of anilines is 2. The molecule has 0 bridgehead atoms. The molecule has 0 heterocycles. The summed E-state index contributed by atoms with van der Waals surface area (Å²) in [5, 5.41) is 2.58. The molecular weight excluding hydrogens is 319 g/mol. The van der Waals surface area contributed by atoms with Crippen molar-refractivity contribution in [1.82, 2.24) is 0 Å². The summed E-state index contributed by atoms with van der Waals surface area (Å²) in [7, 11) is 0. The van der Waals surface area contributed by atoms with Crippen molar-refractivity contribution < 1.29 is 14.0 Å². The van der Waals surface area contributed by atoms with Crippen molar-refractivity contribution in [1.29, 1.82) is 0 Å². The summed E-state index contributed by atoms with van der Waals surface area (Å²) in [6.07, 6.45) is 0.501. The molecule has 0 aliphatic heterocycles. The summed E-state index contributed by atoms with van der Waals surface area (Å²) in [4.78, 5) is 26.8. The first-order valence-electron chi connectivity index (χ1n) is 8.44. The van der Waals surface area contributed by atoms with Crippen LogP contribution in [0.3, 0.4) is 0 Å². The highest BCUT2D eigenvalue weighted by Gasteiger charge is 2.49. The van der Waals surface area contributed by atoms with Crippen LogP contribution in [-0.4, -0.2) is 18.4 Å². The smallest absolute Gasteiger partial charge is 0.230 e. The van der Waals surface area contributed by atoms with E-state index in [0.717, 1.165) is 11.3 Å². The molecular formula is C20H21FN2O2. The Morgan fingerprint density at radius 2 is 1.92 bits per heavy atom. The molecule has 5 heteroatoms. The highest BCUT2D eigenvalue weighted by atomic mass is 19.1. The molecule has 1 N–H and O–H groups in total. The van der Waals surface area contributed by atoms with Gasteiger partial charge < -0.3 is 10.2 Å². The first-order chi connectivity index (χ1) is 12.0. The van der Waals surface area contributed by atoms with E-state index < -0.39 is 11.7 Å². The van der Waals surface area contributed by atoms with E-state index in [2.05, 4.69) is 5.32 Å². The van der Waals surface area contributed by atoms with Gasteiger partial charge in [-0.05, 0) is 50.1 Å². The maximum Gasteiger partial charge on any atom is 0.230 e. The molecule has 2 atom stereocenters. The molecule has 4 nitrogen and oxygen atoms in total. The van der Waals surface area contributed by atoms with Crippen LogP contribution in [0.2, 0.25) is 0 Å². The lowest BCUT2D eigenvalue weighted by Gasteiger charge is -2.21. The maximum absolute atomic E-state index is 13.6. The van der Waals surface area contributed by atoms with Gasteiger partial charge in [0.25, 0.3) is 0 Å². The van der Waals surface area contributed by atoms with Crippen LogP contribution in [0.5, 0.6) is 0 Å². The second-order valence-electron chi connectivity index (χ2n) is 6.34. The molecule has 2 aromatic rings. The molecule has 1 aliphatic rings. The summed E-state index contributed by atoms with van der Waals surface area (Å²) in [6, 6.07) is 13.8. The number of hydrogen-bond acceptors (Lipinski definition) is 2. The highest BCUT2D eigenvalue weighted by molar-refractivity contribution is 6.04. The lowest BCUT2D eigenvalue weighted by atomic mass is 10.2. The third kappa shape index (κ3) is 3.71. The molecule has 2 aromatic carbocycles. The van der Waals surface area contributed by atoms with Gasteiger partial charge in [-0.3, -0.25) is 9.59 Å². The SMILES string of the molecule is CCN(C(=O)C1CC1C(=O)Nc1ccccc1F)c1cccc(C)c1. The number of benzene rings is 2. The van der Waals surface area contributed by atoms with Gasteiger partial charge in [0.1, 0.15) is 5.82 Å². The van der Waals surface area contributed by atoms with Crippen LogP contribution in [0.4, 0.5) is 15.8 Å². The number of nitrogens with zero attached hydrogens (tertiary/aromatic N) is 1. The van der Waals surface area contributed by atoms with E-state index in [-0.39, 0.29) is 23.4 Å². The lowest BCUT2D eigenvalue weighted by molar-refractivity contribution is -0.123. The minimum Gasteiger partial charge on any atom is -0.323 e. The average Bonchev–Trinajstić information content (AvgIpc) is 3.38. The number of nitrogens with one attached hydrogen (secondary N) is 1. The van der Waals surface area contributed by atoms with Crippen LogP contribution in [0.15, 0.2) is 48.5 Å². The Balaban J connectivity index is 1.66. The standard InChI is InChI=1S/C20H21FN2O2/c1-3-23(14-8-6-7-13(2)11-14)20(25)16-12-15(16)19(24)22-18-10-5-4-9-17(18)21/h4-11,15-16H,3,12H2,1-2H3,(H,22,24). The normalized spacial score (nSPS) is 18.5. The van der Waals surface area contributed by atoms with E-state index >= 15 is 0 Å². The van der Waals surface area contributed by atoms with Gasteiger partial charge in [-0.25, -0.2) is 4.39 Å². The molecule has 1 fully saturated rings. The van der Waals surface area contributed by atoms with Crippen molar-refractivity contribution in [3.8, 4) is 0 Å². The monoisotopic (exact) mass is 340 g/mol. The fourth-order valence-electron chi connectivity index (χ4n) is 3.01. The van der Waals surface area contributed by atoms with Crippen LogP contribution in [0.1, 0.15) is 18.9 Å². The summed E-state index contributed by atoms with van der Waals surface area (Å²) in [5.41, 5.74) is 2.07. The minimum absolute atomic E-state index is 0.0539. The van der Waals surface area contributed by atoms with Crippen molar-refractivity contribution in [2.45, 2.75) is 20.3 Å². The topological polar surface area (TPSA) is 49.4 Å². The van der Waals surface area contributed by atoms with E-state index in [1.54, 1.807) is 17.0 Å². The molecule has 2 amide bonds. The number of rotatable bonds is 5. The van der Waals surface area contributed by atoms with Gasteiger partial charge in [0.2, 0.25) is 11.8 Å². The van der Waals surface area contributed by atoms with Crippen LogP contribution < -0.4 is 10.2 Å². The molecule has 0 radical (unpaired) electrons. The number of para-hydroxylation sites is 1. The number of hydrogen-bond donors (Lipinski definition) is 1.